The molecule has 1 rings (SSSR count). The van der Waals surface area contributed by atoms with Gasteiger partial charge in [-0.2, -0.15) is 0 Å². The second-order valence-electron chi connectivity index (χ2n) is 5.04. The Hall–Kier alpha value is -0.320. The molecule has 1 fully saturated rings. The molecule has 1 aliphatic heterocycles. The van der Waals surface area contributed by atoms with Crippen molar-refractivity contribution in [2.24, 2.45) is 5.92 Å². The van der Waals surface area contributed by atoms with Gasteiger partial charge in [-0.1, -0.05) is 13.8 Å². The van der Waals surface area contributed by atoms with Gasteiger partial charge in [0.25, 0.3) is 0 Å². The number of halogens is 1. The molecule has 0 spiro atoms. The number of rotatable bonds is 7. The number of piperidine rings is 1. The Balaban J connectivity index is 0.00000324. The second kappa shape index (κ2) is 10.5. The molecule has 1 aliphatic rings. The van der Waals surface area contributed by atoms with Crippen LogP contribution in [0.2, 0.25) is 0 Å². The van der Waals surface area contributed by atoms with Crippen molar-refractivity contribution in [2.75, 3.05) is 33.4 Å². The molecule has 4 nitrogen and oxygen atoms in total. The molecule has 1 atom stereocenters. The van der Waals surface area contributed by atoms with Crippen molar-refractivity contribution in [2.45, 2.75) is 45.6 Å². The van der Waals surface area contributed by atoms with Gasteiger partial charge in [-0.05, 0) is 32.2 Å². The molecule has 0 bridgehead atoms. The fourth-order valence-corrected chi connectivity index (χ4v) is 2.69. The van der Waals surface area contributed by atoms with Crippen LogP contribution in [0.5, 0.6) is 0 Å². The highest BCUT2D eigenvalue weighted by Gasteiger charge is 2.28. The van der Waals surface area contributed by atoms with E-state index in [9.17, 15) is 4.79 Å². The Morgan fingerprint density at radius 3 is 2.58 bits per heavy atom. The first kappa shape index (κ1) is 18.7. The number of nitrogens with zero attached hydrogens (tertiary/aromatic N) is 1. The summed E-state index contributed by atoms with van der Waals surface area (Å²) in [5, 5.41) is 3.32. The highest BCUT2D eigenvalue weighted by atomic mass is 35.5. The summed E-state index contributed by atoms with van der Waals surface area (Å²) in [6, 6.07) is 0.356. The summed E-state index contributed by atoms with van der Waals surface area (Å²) in [6.45, 7) is 7.54. The van der Waals surface area contributed by atoms with Gasteiger partial charge in [0.15, 0.2) is 0 Å². The molecule has 1 heterocycles. The van der Waals surface area contributed by atoms with Crippen molar-refractivity contribution in [3.63, 3.8) is 0 Å². The van der Waals surface area contributed by atoms with Crippen molar-refractivity contribution in [1.82, 2.24) is 10.2 Å². The van der Waals surface area contributed by atoms with E-state index >= 15 is 0 Å². The highest BCUT2D eigenvalue weighted by molar-refractivity contribution is 5.85. The van der Waals surface area contributed by atoms with Crippen molar-refractivity contribution in [3.8, 4) is 0 Å². The Morgan fingerprint density at radius 2 is 2.11 bits per heavy atom. The van der Waals surface area contributed by atoms with Crippen LogP contribution in [0, 0.1) is 5.92 Å². The Kier molecular flexibility index (Phi) is 10.3. The lowest BCUT2D eigenvalue weighted by molar-refractivity contribution is -0.139. The van der Waals surface area contributed by atoms with Crippen molar-refractivity contribution in [1.29, 1.82) is 0 Å². The molecule has 0 aliphatic carbocycles. The SMILES string of the molecule is CCC(CC)N(CCOC)C(=O)C1CCCNC1.Cl. The van der Waals surface area contributed by atoms with Crippen LogP contribution >= 0.6 is 12.4 Å². The topological polar surface area (TPSA) is 41.6 Å². The Morgan fingerprint density at radius 1 is 1.42 bits per heavy atom. The van der Waals surface area contributed by atoms with Gasteiger partial charge >= 0.3 is 0 Å². The van der Waals surface area contributed by atoms with Gasteiger partial charge in [0.05, 0.1) is 12.5 Å². The monoisotopic (exact) mass is 292 g/mol. The zero-order valence-corrected chi connectivity index (χ0v) is 13.3. The van der Waals surface area contributed by atoms with Crippen molar-refractivity contribution < 1.29 is 9.53 Å². The van der Waals surface area contributed by atoms with E-state index in [0.717, 1.165) is 45.3 Å². The number of amides is 1. The van der Waals surface area contributed by atoms with Crippen molar-refractivity contribution in [3.05, 3.63) is 0 Å². The Labute approximate surface area is 123 Å². The summed E-state index contributed by atoms with van der Waals surface area (Å²) in [5.74, 6) is 0.476. The smallest absolute Gasteiger partial charge is 0.227 e. The van der Waals surface area contributed by atoms with Gasteiger partial charge in [-0.15, -0.1) is 12.4 Å². The number of hydrogen-bond acceptors (Lipinski definition) is 3. The van der Waals surface area contributed by atoms with Crippen LogP contribution in [0.1, 0.15) is 39.5 Å². The molecule has 0 radical (unpaired) electrons. The molecule has 0 aromatic rings. The lowest BCUT2D eigenvalue weighted by atomic mass is 9.96. The highest BCUT2D eigenvalue weighted by Crippen LogP contribution is 2.17. The summed E-state index contributed by atoms with van der Waals surface area (Å²) in [7, 11) is 1.69. The van der Waals surface area contributed by atoms with Crippen molar-refractivity contribution >= 4 is 18.3 Å². The van der Waals surface area contributed by atoms with E-state index in [2.05, 4.69) is 19.2 Å². The normalized spacial score (nSPS) is 19.1. The lowest BCUT2D eigenvalue weighted by Crippen LogP contribution is -2.48. The summed E-state index contributed by atoms with van der Waals surface area (Å²) >= 11 is 0. The third-order valence-electron chi connectivity index (χ3n) is 3.85. The van der Waals surface area contributed by atoms with E-state index in [1.54, 1.807) is 7.11 Å². The van der Waals surface area contributed by atoms with Gasteiger partial charge in [-0.25, -0.2) is 0 Å². The first-order valence-electron chi connectivity index (χ1n) is 7.24. The standard InChI is InChI=1S/C14H28N2O2.ClH/c1-4-13(5-2)16(9-10-18-3)14(17)12-7-6-8-15-11-12;/h12-13,15H,4-11H2,1-3H3;1H. The molecule has 5 heteroatoms. The molecular weight excluding hydrogens is 264 g/mol. The quantitative estimate of drug-likeness (QED) is 0.781. The van der Waals surface area contributed by atoms with E-state index in [0.29, 0.717) is 18.6 Å². The first-order valence-corrected chi connectivity index (χ1v) is 7.24. The van der Waals surface area contributed by atoms with Crippen LogP contribution in [-0.4, -0.2) is 50.2 Å². The van der Waals surface area contributed by atoms with E-state index in [4.69, 9.17) is 4.74 Å². The zero-order chi connectivity index (χ0) is 13.4. The summed E-state index contributed by atoms with van der Waals surface area (Å²) < 4.78 is 5.14. The van der Waals surface area contributed by atoms with Gasteiger partial charge in [0.2, 0.25) is 5.91 Å². The first-order chi connectivity index (χ1) is 8.74. The average Bonchev–Trinajstić information content (AvgIpc) is 2.43. The van der Waals surface area contributed by atoms with Gasteiger partial charge in [0.1, 0.15) is 0 Å². The number of carbonyl (C=O) groups excluding carboxylic acids is 1. The van der Waals surface area contributed by atoms with Crippen LogP contribution < -0.4 is 5.32 Å². The van der Waals surface area contributed by atoms with E-state index in [-0.39, 0.29) is 18.3 Å². The minimum atomic E-state index is 0. The third-order valence-corrected chi connectivity index (χ3v) is 3.85. The van der Waals surface area contributed by atoms with Crippen LogP contribution in [0.25, 0.3) is 0 Å². The van der Waals surface area contributed by atoms with Gasteiger partial charge in [0, 0.05) is 26.2 Å². The Bertz CT molecular complexity index is 242. The maximum atomic E-state index is 12.6. The number of hydrogen-bond donors (Lipinski definition) is 1. The molecule has 1 amide bonds. The molecule has 1 N–H and O–H groups in total. The van der Waals surface area contributed by atoms with Crippen LogP contribution in [0.3, 0.4) is 0 Å². The fourth-order valence-electron chi connectivity index (χ4n) is 2.69. The van der Waals surface area contributed by atoms with E-state index in [1.165, 1.54) is 0 Å². The predicted octanol–water partition coefficient (Wildman–Crippen LogP) is 2.07. The maximum absolute atomic E-state index is 12.6. The predicted molar refractivity (Wildman–Crippen MR) is 80.8 cm³/mol. The maximum Gasteiger partial charge on any atom is 0.227 e. The molecule has 0 aromatic carbocycles. The van der Waals surface area contributed by atoms with Gasteiger partial charge < -0.3 is 15.0 Å². The minimum Gasteiger partial charge on any atom is -0.383 e. The molecule has 19 heavy (non-hydrogen) atoms. The molecule has 1 saturated heterocycles. The zero-order valence-electron chi connectivity index (χ0n) is 12.5. The summed E-state index contributed by atoms with van der Waals surface area (Å²) in [6.07, 6.45) is 4.17. The van der Waals surface area contributed by atoms with Crippen LogP contribution in [-0.2, 0) is 9.53 Å². The molecular formula is C14H29ClN2O2. The number of methoxy groups -OCH3 is 1. The van der Waals surface area contributed by atoms with Crippen LogP contribution in [0.15, 0.2) is 0 Å². The summed E-state index contributed by atoms with van der Waals surface area (Å²) in [4.78, 5) is 14.6. The fraction of sp³-hybridized carbons (Fsp3) is 0.929. The van der Waals surface area contributed by atoms with E-state index < -0.39 is 0 Å². The third kappa shape index (κ3) is 5.67. The van der Waals surface area contributed by atoms with Crippen LogP contribution in [0.4, 0.5) is 0 Å². The molecule has 1 unspecified atom stereocenters. The average molecular weight is 293 g/mol. The largest absolute Gasteiger partial charge is 0.383 e. The molecule has 0 saturated carbocycles. The van der Waals surface area contributed by atoms with E-state index in [1.807, 2.05) is 4.90 Å². The minimum absolute atomic E-state index is 0. The molecule has 0 aromatic heterocycles. The number of carbonyl (C=O) groups is 1. The number of nitrogens with one attached hydrogen (secondary N) is 1. The van der Waals surface area contributed by atoms with Gasteiger partial charge in [-0.3, -0.25) is 4.79 Å². The second-order valence-corrected chi connectivity index (χ2v) is 5.04. The lowest BCUT2D eigenvalue weighted by Gasteiger charge is -2.34. The molecule has 114 valence electrons. The summed E-state index contributed by atoms with van der Waals surface area (Å²) in [5.41, 5.74) is 0. The number of ether oxygens (including phenoxy) is 1.